The van der Waals surface area contributed by atoms with Crippen LogP contribution in [0.15, 0.2) is 0 Å². The van der Waals surface area contributed by atoms with Crippen LogP contribution in [0.2, 0.25) is 0 Å². The van der Waals surface area contributed by atoms with Crippen molar-refractivity contribution in [3.05, 3.63) is 4.77 Å². The van der Waals surface area contributed by atoms with Crippen LogP contribution < -0.4 is 0 Å². The number of nitrogens with zero attached hydrogens (tertiary/aromatic N) is 3. The molecule has 0 amide bonds. The Kier molecular flexibility index (Phi) is 13.5. The van der Waals surface area contributed by atoms with E-state index in [-0.39, 0.29) is 63.9 Å². The van der Waals surface area contributed by atoms with E-state index in [4.69, 9.17) is 17.3 Å². The van der Waals surface area contributed by atoms with Crippen LogP contribution in [0.5, 0.6) is 0 Å². The molecule has 1 heterocycles. The quantitative estimate of drug-likeness (QED) is 0.447. The Morgan fingerprint density at radius 1 is 1.44 bits per heavy atom. The molecule has 0 bridgehead atoms. The van der Waals surface area contributed by atoms with Crippen molar-refractivity contribution < 1.29 is 9.90 Å². The Morgan fingerprint density at radius 3 is 2.56 bits per heavy atom. The van der Waals surface area contributed by atoms with E-state index in [2.05, 4.69) is 22.4 Å². The standard InChI is InChI=1S/C9H16N4O2S.2Na/c1-2-3-4-5-6-7(8(14)15)13-9(16)10-11-12-13;;/h7H,2-6H2,1H3,(H,14,15)(H,10,12,16);;. The smallest absolute Gasteiger partial charge is 0.328 e. The third kappa shape index (κ3) is 6.79. The number of carbonyl (C=O) groups is 1. The predicted molar refractivity (Wildman–Crippen MR) is 72.1 cm³/mol. The van der Waals surface area contributed by atoms with Crippen molar-refractivity contribution in [1.82, 2.24) is 20.2 Å². The number of tetrazole rings is 1. The number of aliphatic carboxylic acids is 1. The van der Waals surface area contributed by atoms with Gasteiger partial charge in [-0.15, -0.1) is 0 Å². The van der Waals surface area contributed by atoms with Gasteiger partial charge in [-0.05, 0) is 18.6 Å². The maximum absolute atomic E-state index is 11.1. The summed E-state index contributed by atoms with van der Waals surface area (Å²) in [4.78, 5) is 11.1. The molecule has 1 aromatic heterocycles. The molecule has 1 rings (SSSR count). The van der Waals surface area contributed by atoms with Crippen LogP contribution >= 0.6 is 12.2 Å². The van der Waals surface area contributed by atoms with E-state index in [1.54, 1.807) is 0 Å². The average Bonchev–Trinajstić information content (AvgIpc) is 2.64. The molecule has 6 nitrogen and oxygen atoms in total. The van der Waals surface area contributed by atoms with Crippen molar-refractivity contribution in [3.63, 3.8) is 0 Å². The molecule has 0 aromatic carbocycles. The summed E-state index contributed by atoms with van der Waals surface area (Å²) in [7, 11) is 0. The first kappa shape index (κ1) is 21.1. The van der Waals surface area contributed by atoms with E-state index in [0.29, 0.717) is 6.42 Å². The summed E-state index contributed by atoms with van der Waals surface area (Å²) in [6.07, 6.45) is 4.70. The van der Waals surface area contributed by atoms with E-state index in [1.165, 1.54) is 4.68 Å². The minimum atomic E-state index is -0.904. The average molecular weight is 290 g/mol. The molecular formula is C9H16N4Na2O2S. The molecule has 0 aliphatic rings. The van der Waals surface area contributed by atoms with Crippen molar-refractivity contribution in [1.29, 1.82) is 0 Å². The van der Waals surface area contributed by atoms with E-state index in [9.17, 15) is 4.79 Å². The minimum absolute atomic E-state index is 0. The molecule has 18 heavy (non-hydrogen) atoms. The van der Waals surface area contributed by atoms with Crippen LogP contribution in [0.3, 0.4) is 0 Å². The van der Waals surface area contributed by atoms with Crippen molar-refractivity contribution in [2.45, 2.75) is 45.1 Å². The van der Waals surface area contributed by atoms with Gasteiger partial charge >= 0.3 is 5.97 Å². The number of hydrogen-bond acceptors (Lipinski definition) is 4. The molecule has 1 atom stereocenters. The molecule has 2 N–H and O–H groups in total. The monoisotopic (exact) mass is 290 g/mol. The Bertz CT molecular complexity index is 396. The second-order valence-electron chi connectivity index (χ2n) is 3.66. The number of H-pyrrole nitrogens is 1. The van der Waals surface area contributed by atoms with E-state index >= 15 is 0 Å². The van der Waals surface area contributed by atoms with E-state index in [1.807, 2.05) is 0 Å². The molecule has 92 valence electrons. The summed E-state index contributed by atoms with van der Waals surface area (Å²) in [5.74, 6) is -0.904. The van der Waals surface area contributed by atoms with Crippen LogP contribution in [0, 0.1) is 4.77 Å². The predicted octanol–water partition coefficient (Wildman–Crippen LogP) is 1.17. The molecule has 0 fully saturated rings. The summed E-state index contributed by atoms with van der Waals surface area (Å²) in [5.41, 5.74) is 0. The molecule has 2 radical (unpaired) electrons. The Morgan fingerprint density at radius 2 is 2.11 bits per heavy atom. The van der Waals surface area contributed by atoms with Gasteiger partial charge in [-0.3, -0.25) is 0 Å². The fourth-order valence-electron chi connectivity index (χ4n) is 1.53. The summed E-state index contributed by atoms with van der Waals surface area (Å²) in [6, 6.07) is -0.681. The first-order valence-corrected chi connectivity index (χ1v) is 5.80. The van der Waals surface area contributed by atoms with Crippen LogP contribution in [0.25, 0.3) is 0 Å². The van der Waals surface area contributed by atoms with Crippen LogP contribution in [0.1, 0.15) is 45.1 Å². The summed E-state index contributed by atoms with van der Waals surface area (Å²) >= 11 is 4.88. The van der Waals surface area contributed by atoms with Gasteiger partial charge in [0, 0.05) is 59.1 Å². The zero-order valence-corrected chi connectivity index (χ0v) is 16.0. The fraction of sp³-hybridized carbons (Fsp3) is 0.778. The zero-order chi connectivity index (χ0) is 12.0. The minimum Gasteiger partial charge on any atom is -0.480 e. The largest absolute Gasteiger partial charge is 0.480 e. The third-order valence-electron chi connectivity index (χ3n) is 2.42. The molecule has 9 heteroatoms. The van der Waals surface area contributed by atoms with Crippen LogP contribution in [0.4, 0.5) is 0 Å². The van der Waals surface area contributed by atoms with Crippen LogP contribution in [-0.2, 0) is 4.79 Å². The number of nitrogens with one attached hydrogen (secondary N) is 1. The molecular weight excluding hydrogens is 274 g/mol. The van der Waals surface area contributed by atoms with Crippen molar-refractivity contribution >= 4 is 77.3 Å². The first-order valence-electron chi connectivity index (χ1n) is 5.39. The number of carboxylic acids is 1. The molecule has 0 spiro atoms. The number of aromatic amines is 1. The molecule has 0 saturated heterocycles. The van der Waals surface area contributed by atoms with Crippen molar-refractivity contribution in [3.8, 4) is 0 Å². The van der Waals surface area contributed by atoms with Crippen molar-refractivity contribution in [2.75, 3.05) is 0 Å². The summed E-state index contributed by atoms with van der Waals surface area (Å²) in [5, 5.41) is 18.6. The number of aromatic nitrogens is 4. The maximum Gasteiger partial charge on any atom is 0.328 e. The van der Waals surface area contributed by atoms with E-state index in [0.717, 1.165) is 25.7 Å². The van der Waals surface area contributed by atoms with Gasteiger partial charge < -0.3 is 5.11 Å². The Labute approximate surface area is 155 Å². The molecule has 0 aliphatic heterocycles. The van der Waals surface area contributed by atoms with Gasteiger partial charge in [0.05, 0.1) is 0 Å². The van der Waals surface area contributed by atoms with Gasteiger partial charge in [0.2, 0.25) is 4.77 Å². The molecule has 0 aliphatic carbocycles. The second kappa shape index (κ2) is 11.6. The zero-order valence-electron chi connectivity index (χ0n) is 11.2. The topological polar surface area (TPSA) is 83.8 Å². The summed E-state index contributed by atoms with van der Waals surface area (Å²) < 4.78 is 1.51. The third-order valence-corrected chi connectivity index (χ3v) is 2.70. The first-order chi connectivity index (χ1) is 7.66. The molecule has 0 saturated carbocycles. The fourth-order valence-corrected chi connectivity index (χ4v) is 1.74. The van der Waals surface area contributed by atoms with Crippen molar-refractivity contribution in [2.24, 2.45) is 0 Å². The Balaban J connectivity index is 0. The van der Waals surface area contributed by atoms with Gasteiger partial charge in [0.1, 0.15) is 0 Å². The van der Waals surface area contributed by atoms with Gasteiger partial charge in [-0.25, -0.2) is 9.48 Å². The normalized spacial score (nSPS) is 11.2. The van der Waals surface area contributed by atoms with Crippen LogP contribution in [-0.4, -0.2) is 90.4 Å². The van der Waals surface area contributed by atoms with Gasteiger partial charge in [-0.1, -0.05) is 42.9 Å². The second-order valence-corrected chi connectivity index (χ2v) is 4.02. The van der Waals surface area contributed by atoms with E-state index < -0.39 is 12.0 Å². The molecule has 1 aromatic rings. The van der Waals surface area contributed by atoms with Gasteiger partial charge in [0.15, 0.2) is 6.04 Å². The number of rotatable bonds is 7. The number of carboxylic acid groups (broad SMARTS) is 1. The number of hydrogen-bond donors (Lipinski definition) is 2. The van der Waals surface area contributed by atoms with Gasteiger partial charge in [0.25, 0.3) is 0 Å². The molecule has 1 unspecified atom stereocenters. The SMILES string of the molecule is CCCCCCC(C(=O)O)n1[nH]nnc1=S.[Na].[Na]. The van der Waals surface area contributed by atoms with Gasteiger partial charge in [-0.2, -0.15) is 5.21 Å². The Hall–Kier alpha value is 0.760. The maximum atomic E-state index is 11.1. The summed E-state index contributed by atoms with van der Waals surface area (Å²) in [6.45, 7) is 2.11. The number of unbranched alkanes of at least 4 members (excludes halogenated alkanes) is 3.